The quantitative estimate of drug-likeness (QED) is 0.151. The number of ketones is 1. The Bertz CT molecular complexity index is 1130. The lowest BCUT2D eigenvalue weighted by atomic mass is 10.1. The third-order valence-corrected chi connectivity index (χ3v) is 6.37. The minimum atomic E-state index is -0.613. The summed E-state index contributed by atoms with van der Waals surface area (Å²) < 4.78 is 5.31. The number of Topliss-reactive ketones (excluding diaryl/α,β-unsaturated/α-hetero) is 1. The molecule has 0 atom stereocenters. The number of benzene rings is 1. The Balaban J connectivity index is 1.60. The summed E-state index contributed by atoms with van der Waals surface area (Å²) in [6, 6.07) is 11.0. The second-order valence-electron chi connectivity index (χ2n) is 7.28. The molecule has 0 unspecified atom stereocenters. The number of hydrogen-bond donors (Lipinski definition) is 1. The Hall–Kier alpha value is -3.04. The van der Waals surface area contributed by atoms with Crippen molar-refractivity contribution in [2.45, 2.75) is 31.7 Å². The van der Waals surface area contributed by atoms with Gasteiger partial charge in [-0.15, -0.1) is 23.1 Å². The highest BCUT2D eigenvalue weighted by atomic mass is 32.2. The summed E-state index contributed by atoms with van der Waals surface area (Å²) in [6.45, 7) is 3.48. The molecule has 2 aromatic heterocycles. The standard InChI is InChI=1S/C24H25N3O4S2/c1-15-21(23(32-3)27-22(26-15)20-7-5-13-33-20)24(30)31-14-19(29)18-10-8-17(9-11-18)6-4-12-25-16(2)28/h5,7-11,13H,4,6,12,14H2,1-3H3,(H,25,28). The Labute approximate surface area is 201 Å². The first-order chi connectivity index (χ1) is 15.9. The number of carbonyl (C=O) groups excluding carboxylic acids is 3. The Morgan fingerprint density at radius 1 is 1.12 bits per heavy atom. The van der Waals surface area contributed by atoms with Crippen molar-refractivity contribution in [2.75, 3.05) is 19.4 Å². The molecular weight excluding hydrogens is 458 g/mol. The predicted molar refractivity (Wildman–Crippen MR) is 130 cm³/mol. The molecule has 0 spiro atoms. The molecule has 33 heavy (non-hydrogen) atoms. The third kappa shape index (κ3) is 6.72. The molecule has 0 radical (unpaired) electrons. The van der Waals surface area contributed by atoms with Gasteiger partial charge in [-0.25, -0.2) is 14.8 Å². The molecule has 9 heteroatoms. The van der Waals surface area contributed by atoms with Gasteiger partial charge in [0.2, 0.25) is 5.91 Å². The smallest absolute Gasteiger partial charge is 0.343 e. The van der Waals surface area contributed by atoms with E-state index in [-0.39, 0.29) is 23.9 Å². The highest BCUT2D eigenvalue weighted by Gasteiger charge is 2.21. The number of aromatic nitrogens is 2. The molecule has 0 saturated heterocycles. The summed E-state index contributed by atoms with van der Waals surface area (Å²) in [4.78, 5) is 46.0. The van der Waals surface area contributed by atoms with Crippen LogP contribution in [-0.4, -0.2) is 47.0 Å². The maximum atomic E-state index is 12.7. The lowest BCUT2D eigenvalue weighted by molar-refractivity contribution is -0.118. The van der Waals surface area contributed by atoms with E-state index in [2.05, 4.69) is 15.3 Å². The number of thioether (sulfide) groups is 1. The van der Waals surface area contributed by atoms with Gasteiger partial charge in [-0.2, -0.15) is 0 Å². The molecule has 0 bridgehead atoms. The van der Waals surface area contributed by atoms with Crippen LogP contribution >= 0.6 is 23.1 Å². The van der Waals surface area contributed by atoms with Gasteiger partial charge in [0.1, 0.15) is 10.6 Å². The minimum absolute atomic E-state index is 0.0460. The minimum Gasteiger partial charge on any atom is -0.454 e. The fourth-order valence-electron chi connectivity index (χ4n) is 3.15. The third-order valence-electron chi connectivity index (χ3n) is 4.82. The molecule has 1 aromatic carbocycles. The van der Waals surface area contributed by atoms with Crippen molar-refractivity contribution in [3.63, 3.8) is 0 Å². The van der Waals surface area contributed by atoms with Crippen molar-refractivity contribution >= 4 is 40.8 Å². The lowest BCUT2D eigenvalue weighted by Gasteiger charge is -2.11. The zero-order valence-corrected chi connectivity index (χ0v) is 20.3. The van der Waals surface area contributed by atoms with Crippen molar-refractivity contribution in [1.29, 1.82) is 0 Å². The molecular formula is C24H25N3O4S2. The number of nitrogens with one attached hydrogen (secondary N) is 1. The van der Waals surface area contributed by atoms with Crippen LogP contribution in [-0.2, 0) is 16.0 Å². The summed E-state index contributed by atoms with van der Waals surface area (Å²) in [5.41, 5.74) is 2.33. The topological polar surface area (TPSA) is 98.2 Å². The van der Waals surface area contributed by atoms with Gasteiger partial charge in [0, 0.05) is 19.0 Å². The Morgan fingerprint density at radius 3 is 2.52 bits per heavy atom. The summed E-state index contributed by atoms with van der Waals surface area (Å²) in [5.74, 6) is -0.378. The van der Waals surface area contributed by atoms with Crippen LogP contribution in [0.1, 0.15) is 45.3 Å². The molecule has 0 aliphatic rings. The van der Waals surface area contributed by atoms with Gasteiger partial charge in [-0.05, 0) is 43.0 Å². The normalized spacial score (nSPS) is 10.6. The number of carbonyl (C=O) groups is 3. The largest absolute Gasteiger partial charge is 0.454 e. The number of esters is 1. The monoisotopic (exact) mass is 483 g/mol. The zero-order valence-electron chi connectivity index (χ0n) is 18.7. The molecule has 7 nitrogen and oxygen atoms in total. The van der Waals surface area contributed by atoms with Crippen LogP contribution in [0, 0.1) is 6.92 Å². The van der Waals surface area contributed by atoms with Crippen molar-refractivity contribution in [3.8, 4) is 10.7 Å². The molecule has 3 aromatic rings. The first-order valence-electron chi connectivity index (χ1n) is 10.4. The second-order valence-corrected chi connectivity index (χ2v) is 9.02. The first kappa shape index (κ1) is 24.6. The van der Waals surface area contributed by atoms with Gasteiger partial charge in [-0.3, -0.25) is 9.59 Å². The van der Waals surface area contributed by atoms with Crippen molar-refractivity contribution in [2.24, 2.45) is 0 Å². The van der Waals surface area contributed by atoms with E-state index in [0.717, 1.165) is 23.3 Å². The van der Waals surface area contributed by atoms with Gasteiger partial charge in [0.25, 0.3) is 0 Å². The SMILES string of the molecule is CSc1nc(-c2cccs2)nc(C)c1C(=O)OCC(=O)c1ccc(CCCNC(C)=O)cc1. The van der Waals surface area contributed by atoms with Gasteiger partial charge in [0.15, 0.2) is 18.2 Å². The maximum Gasteiger partial charge on any atom is 0.343 e. The van der Waals surface area contributed by atoms with E-state index < -0.39 is 5.97 Å². The van der Waals surface area contributed by atoms with Crippen LogP contribution in [0.25, 0.3) is 10.7 Å². The van der Waals surface area contributed by atoms with Gasteiger partial charge in [0.05, 0.1) is 10.6 Å². The fraction of sp³-hybridized carbons (Fsp3) is 0.292. The Morgan fingerprint density at radius 2 is 1.88 bits per heavy atom. The van der Waals surface area contributed by atoms with E-state index in [1.54, 1.807) is 19.1 Å². The van der Waals surface area contributed by atoms with Crippen LogP contribution in [0.5, 0.6) is 0 Å². The van der Waals surface area contributed by atoms with Crippen LogP contribution in [0.4, 0.5) is 0 Å². The number of amides is 1. The highest BCUT2D eigenvalue weighted by Crippen LogP contribution is 2.27. The van der Waals surface area contributed by atoms with Gasteiger partial charge >= 0.3 is 5.97 Å². The van der Waals surface area contributed by atoms with Crippen molar-refractivity contribution in [1.82, 2.24) is 15.3 Å². The van der Waals surface area contributed by atoms with E-state index in [4.69, 9.17) is 4.74 Å². The number of nitrogens with zero attached hydrogens (tertiary/aromatic N) is 2. The van der Waals surface area contributed by atoms with Crippen LogP contribution in [0.2, 0.25) is 0 Å². The van der Waals surface area contributed by atoms with E-state index in [1.807, 2.05) is 35.9 Å². The summed E-state index contributed by atoms with van der Waals surface area (Å²) >= 11 is 2.86. The highest BCUT2D eigenvalue weighted by molar-refractivity contribution is 7.98. The summed E-state index contributed by atoms with van der Waals surface area (Å²) in [7, 11) is 0. The van der Waals surface area contributed by atoms with E-state index in [0.29, 0.717) is 28.7 Å². The zero-order chi connectivity index (χ0) is 23.8. The molecule has 1 amide bonds. The maximum absolute atomic E-state index is 12.7. The average Bonchev–Trinajstić information content (AvgIpc) is 3.35. The Kier molecular flexibility index (Phi) is 8.73. The second kappa shape index (κ2) is 11.7. The number of thiophene rings is 1. The molecule has 172 valence electrons. The summed E-state index contributed by atoms with van der Waals surface area (Å²) in [5, 5.41) is 5.22. The predicted octanol–water partition coefficient (Wildman–Crippen LogP) is 4.34. The van der Waals surface area contributed by atoms with Crippen molar-refractivity contribution < 1.29 is 19.1 Å². The molecule has 1 N–H and O–H groups in total. The van der Waals surface area contributed by atoms with E-state index >= 15 is 0 Å². The van der Waals surface area contributed by atoms with Gasteiger partial charge in [-0.1, -0.05) is 30.3 Å². The lowest BCUT2D eigenvalue weighted by Crippen LogP contribution is -2.21. The van der Waals surface area contributed by atoms with E-state index in [9.17, 15) is 14.4 Å². The molecule has 3 rings (SSSR count). The van der Waals surface area contributed by atoms with Crippen LogP contribution in [0.3, 0.4) is 0 Å². The van der Waals surface area contributed by atoms with Gasteiger partial charge < -0.3 is 10.1 Å². The molecule has 0 aliphatic carbocycles. The fourth-order valence-corrected chi connectivity index (χ4v) is 4.42. The number of rotatable bonds is 10. The molecule has 2 heterocycles. The van der Waals surface area contributed by atoms with Crippen LogP contribution in [0.15, 0.2) is 46.8 Å². The number of hydrogen-bond acceptors (Lipinski definition) is 8. The van der Waals surface area contributed by atoms with E-state index in [1.165, 1.54) is 30.0 Å². The number of aryl methyl sites for hydroxylation is 2. The molecule has 0 saturated carbocycles. The van der Waals surface area contributed by atoms with Crippen LogP contribution < -0.4 is 5.32 Å². The summed E-state index contributed by atoms with van der Waals surface area (Å²) in [6.07, 6.45) is 3.44. The first-order valence-corrected chi connectivity index (χ1v) is 12.5. The van der Waals surface area contributed by atoms with Crippen molar-refractivity contribution in [3.05, 3.63) is 64.2 Å². The average molecular weight is 484 g/mol. The molecule has 0 fully saturated rings. The number of ether oxygens (including phenoxy) is 1. The molecule has 0 aliphatic heterocycles.